The molecule has 24 heavy (non-hydrogen) atoms. The van der Waals surface area contributed by atoms with Crippen LogP contribution in [0.15, 0.2) is 42.5 Å². The molecule has 1 aromatic rings. The second kappa shape index (κ2) is 8.22. The monoisotopic (exact) mass is 363 g/mol. The van der Waals surface area contributed by atoms with Crippen LogP contribution in [0.3, 0.4) is 0 Å². The van der Waals surface area contributed by atoms with Gasteiger partial charge in [0, 0.05) is 5.92 Å². The van der Waals surface area contributed by atoms with E-state index in [1.54, 1.807) is 18.2 Å². The molecule has 1 amide bonds. The number of hydrogen-bond donors (Lipinski definition) is 1. The molecule has 0 aliphatic heterocycles. The molecular weight excluding hydrogens is 341 g/mol. The molecule has 2 aliphatic rings. The fraction of sp³-hybridized carbons (Fsp3) is 0.450. The van der Waals surface area contributed by atoms with Crippen LogP contribution in [0, 0.1) is 17.8 Å². The summed E-state index contributed by atoms with van der Waals surface area (Å²) in [5.41, 5.74) is 0.535. The highest BCUT2D eigenvalue weighted by atomic mass is 35.5. The second-order valence-electron chi connectivity index (χ2n) is 6.61. The number of fused-ring (bicyclic) bond motifs is 1. The standard InChI is InChI=1S/C20H23Cl2NO/c21-16-12-9-13-17(22)19(16)23-20(24)18-14-10-7-5-3-1-2-4-6-8-11-15(14)18/h3-6,9,12-15,18H,1-2,7-8,10-11H2,(H,23,24)/b5-3-,6-4+/t14-,15+,18?/m0/s1. The Morgan fingerprint density at radius 1 is 0.875 bits per heavy atom. The van der Waals surface area contributed by atoms with Gasteiger partial charge in [-0.2, -0.15) is 0 Å². The van der Waals surface area contributed by atoms with Crippen molar-refractivity contribution in [2.24, 2.45) is 17.8 Å². The van der Waals surface area contributed by atoms with E-state index >= 15 is 0 Å². The largest absolute Gasteiger partial charge is 0.323 e. The maximum absolute atomic E-state index is 12.7. The first-order valence-corrected chi connectivity index (χ1v) is 9.49. The Morgan fingerprint density at radius 3 is 1.92 bits per heavy atom. The lowest BCUT2D eigenvalue weighted by Crippen LogP contribution is -2.16. The average molecular weight is 364 g/mol. The highest BCUT2D eigenvalue weighted by molar-refractivity contribution is 6.39. The third kappa shape index (κ3) is 4.23. The van der Waals surface area contributed by atoms with E-state index in [4.69, 9.17) is 23.2 Å². The lowest BCUT2D eigenvalue weighted by Gasteiger charge is -2.09. The number of rotatable bonds is 2. The van der Waals surface area contributed by atoms with E-state index in [9.17, 15) is 4.79 Å². The van der Waals surface area contributed by atoms with Gasteiger partial charge >= 0.3 is 0 Å². The first-order chi connectivity index (χ1) is 11.7. The van der Waals surface area contributed by atoms with Crippen molar-refractivity contribution in [2.75, 3.05) is 5.32 Å². The fourth-order valence-corrected chi connectivity index (χ4v) is 4.18. The van der Waals surface area contributed by atoms with Crippen molar-refractivity contribution in [1.29, 1.82) is 0 Å². The summed E-state index contributed by atoms with van der Waals surface area (Å²) < 4.78 is 0. The minimum atomic E-state index is 0.0582. The van der Waals surface area contributed by atoms with Crippen LogP contribution in [0.4, 0.5) is 5.69 Å². The van der Waals surface area contributed by atoms with E-state index < -0.39 is 0 Å². The summed E-state index contributed by atoms with van der Waals surface area (Å²) in [6.45, 7) is 0. The number of halogens is 2. The normalized spacial score (nSPS) is 29.5. The van der Waals surface area contributed by atoms with Crippen molar-refractivity contribution in [3.05, 3.63) is 52.5 Å². The molecule has 1 aromatic carbocycles. The minimum Gasteiger partial charge on any atom is -0.323 e. The maximum atomic E-state index is 12.7. The van der Waals surface area contributed by atoms with Gasteiger partial charge in [-0.1, -0.05) is 53.6 Å². The van der Waals surface area contributed by atoms with Gasteiger partial charge < -0.3 is 5.32 Å². The number of benzene rings is 1. The first kappa shape index (κ1) is 17.6. The number of nitrogens with one attached hydrogen (secondary N) is 1. The Morgan fingerprint density at radius 2 is 1.38 bits per heavy atom. The summed E-state index contributed by atoms with van der Waals surface area (Å²) in [5, 5.41) is 3.93. The van der Waals surface area contributed by atoms with Crippen LogP contribution < -0.4 is 5.32 Å². The lowest BCUT2D eigenvalue weighted by atomic mass is 10.1. The lowest BCUT2D eigenvalue weighted by molar-refractivity contribution is -0.117. The van der Waals surface area contributed by atoms with Crippen LogP contribution in [0.25, 0.3) is 0 Å². The second-order valence-corrected chi connectivity index (χ2v) is 7.43. The summed E-state index contributed by atoms with van der Waals surface area (Å²) in [7, 11) is 0. The van der Waals surface area contributed by atoms with Crippen molar-refractivity contribution >= 4 is 34.8 Å². The molecule has 128 valence electrons. The molecule has 0 radical (unpaired) electrons. The molecule has 1 unspecified atom stereocenters. The zero-order chi connectivity index (χ0) is 16.9. The number of anilines is 1. The molecule has 2 aliphatic carbocycles. The Hall–Kier alpha value is -1.25. The maximum Gasteiger partial charge on any atom is 0.228 e. The van der Waals surface area contributed by atoms with Crippen LogP contribution in [-0.2, 0) is 4.79 Å². The molecule has 0 bridgehead atoms. The number of carbonyl (C=O) groups excluding carboxylic acids is 1. The topological polar surface area (TPSA) is 29.1 Å². The molecule has 4 heteroatoms. The van der Waals surface area contributed by atoms with Crippen LogP contribution in [0.1, 0.15) is 38.5 Å². The van der Waals surface area contributed by atoms with Gasteiger partial charge in [-0.05, 0) is 62.5 Å². The summed E-state index contributed by atoms with van der Waals surface area (Å²) in [4.78, 5) is 12.7. The molecule has 3 atom stereocenters. The van der Waals surface area contributed by atoms with Gasteiger partial charge in [-0.3, -0.25) is 4.79 Å². The summed E-state index contributed by atoms with van der Waals surface area (Å²) in [6.07, 6.45) is 15.5. The number of hydrogen-bond acceptors (Lipinski definition) is 1. The van der Waals surface area contributed by atoms with Gasteiger partial charge in [0.25, 0.3) is 0 Å². The van der Waals surface area contributed by atoms with E-state index in [2.05, 4.69) is 29.6 Å². The van der Waals surface area contributed by atoms with Gasteiger partial charge in [0.05, 0.1) is 15.7 Å². The van der Waals surface area contributed by atoms with Crippen LogP contribution in [0.5, 0.6) is 0 Å². The van der Waals surface area contributed by atoms with Crippen molar-refractivity contribution in [2.45, 2.75) is 38.5 Å². The zero-order valence-electron chi connectivity index (χ0n) is 13.7. The predicted molar refractivity (Wildman–Crippen MR) is 102 cm³/mol. The smallest absolute Gasteiger partial charge is 0.228 e. The third-order valence-corrected chi connectivity index (χ3v) is 5.64. The van der Waals surface area contributed by atoms with Crippen molar-refractivity contribution < 1.29 is 4.79 Å². The molecule has 3 rings (SSSR count). The van der Waals surface area contributed by atoms with E-state index in [1.807, 2.05) is 0 Å². The SMILES string of the molecule is O=C(Nc1c(Cl)cccc1Cl)C1[C@H]2CC/C=C\CC/C=C/CC[C@@H]12. The quantitative estimate of drug-likeness (QED) is 0.617. The van der Waals surface area contributed by atoms with Gasteiger partial charge in [0.2, 0.25) is 5.91 Å². The van der Waals surface area contributed by atoms with Crippen molar-refractivity contribution in [3.63, 3.8) is 0 Å². The van der Waals surface area contributed by atoms with Crippen LogP contribution in [0.2, 0.25) is 10.0 Å². The molecule has 0 spiro atoms. The molecule has 0 saturated heterocycles. The molecular formula is C20H23Cl2NO. The Balaban J connectivity index is 1.66. The average Bonchev–Trinajstić information content (AvgIpc) is 3.23. The minimum absolute atomic E-state index is 0.0582. The molecule has 0 aromatic heterocycles. The molecule has 1 N–H and O–H groups in total. The summed E-state index contributed by atoms with van der Waals surface area (Å²) >= 11 is 12.3. The number of allylic oxidation sites excluding steroid dienone is 4. The van der Waals surface area contributed by atoms with Crippen LogP contribution in [-0.4, -0.2) is 5.91 Å². The Bertz CT molecular complexity index is 609. The number of para-hydroxylation sites is 1. The Labute approximate surface area is 153 Å². The summed E-state index contributed by atoms with van der Waals surface area (Å²) in [6, 6.07) is 5.27. The highest BCUT2D eigenvalue weighted by Gasteiger charge is 2.52. The van der Waals surface area contributed by atoms with E-state index in [-0.39, 0.29) is 11.8 Å². The third-order valence-electron chi connectivity index (χ3n) is 5.01. The van der Waals surface area contributed by atoms with Gasteiger partial charge in [0.15, 0.2) is 0 Å². The number of carbonyl (C=O) groups is 1. The van der Waals surface area contributed by atoms with Gasteiger partial charge in [0.1, 0.15) is 0 Å². The number of amides is 1. The molecule has 1 saturated carbocycles. The van der Waals surface area contributed by atoms with Crippen molar-refractivity contribution in [3.8, 4) is 0 Å². The Kier molecular flexibility index (Phi) is 6.02. The van der Waals surface area contributed by atoms with E-state index in [1.165, 1.54) is 0 Å². The molecule has 2 nitrogen and oxygen atoms in total. The molecule has 1 fully saturated rings. The van der Waals surface area contributed by atoms with Crippen LogP contribution >= 0.6 is 23.2 Å². The van der Waals surface area contributed by atoms with E-state index in [0.717, 1.165) is 38.5 Å². The first-order valence-electron chi connectivity index (χ1n) is 8.73. The van der Waals surface area contributed by atoms with Gasteiger partial charge in [-0.25, -0.2) is 0 Å². The van der Waals surface area contributed by atoms with Crippen molar-refractivity contribution in [1.82, 2.24) is 0 Å². The fourth-order valence-electron chi connectivity index (χ4n) is 3.69. The van der Waals surface area contributed by atoms with E-state index in [0.29, 0.717) is 27.6 Å². The van der Waals surface area contributed by atoms with Gasteiger partial charge in [-0.15, -0.1) is 0 Å². The zero-order valence-corrected chi connectivity index (χ0v) is 15.2. The highest BCUT2D eigenvalue weighted by Crippen LogP contribution is 2.53. The molecule has 0 heterocycles. The summed E-state index contributed by atoms with van der Waals surface area (Å²) in [5.74, 6) is 1.09. The predicted octanol–water partition coefficient (Wildman–Crippen LogP) is 6.26.